The summed E-state index contributed by atoms with van der Waals surface area (Å²) in [5.41, 5.74) is 0. The normalized spacial score (nSPS) is 44.2. The van der Waals surface area contributed by atoms with Crippen molar-refractivity contribution in [2.24, 2.45) is 22.7 Å². The molecule has 7 nitrogen and oxygen atoms in total. The third-order valence-electron chi connectivity index (χ3n) is 8.62. The number of rotatable bonds is 5. The van der Waals surface area contributed by atoms with Crippen LogP contribution < -0.4 is 10.6 Å². The van der Waals surface area contributed by atoms with Crippen molar-refractivity contribution in [2.75, 3.05) is 33.9 Å². The second kappa shape index (κ2) is 9.47. The van der Waals surface area contributed by atoms with Crippen LogP contribution in [0.25, 0.3) is 0 Å². The molecule has 0 aromatic rings. The summed E-state index contributed by atoms with van der Waals surface area (Å²) in [5.74, 6) is 2.82. The van der Waals surface area contributed by atoms with E-state index in [1.165, 1.54) is 44.4 Å². The molecule has 0 aromatic carbocycles. The molecule has 5 rings (SSSR count). The number of thioether (sulfide) groups is 1. The highest BCUT2D eigenvalue weighted by Crippen LogP contribution is 2.55. The largest absolute Gasteiger partial charge is 0.392 e. The van der Waals surface area contributed by atoms with Crippen molar-refractivity contribution in [1.82, 2.24) is 20.4 Å². The average Bonchev–Trinajstić information content (AvgIpc) is 3.45. The number of aliphatic hydroxyl groups is 2. The summed E-state index contributed by atoms with van der Waals surface area (Å²) in [7, 11) is 4.40. The van der Waals surface area contributed by atoms with E-state index in [0.717, 1.165) is 32.1 Å². The van der Waals surface area contributed by atoms with Crippen LogP contribution >= 0.6 is 11.8 Å². The molecular weight excluding hydrogens is 410 g/mol. The van der Waals surface area contributed by atoms with Gasteiger partial charge in [-0.3, -0.25) is 15.2 Å². The summed E-state index contributed by atoms with van der Waals surface area (Å²) in [4.78, 5) is 9.40. The van der Waals surface area contributed by atoms with Crippen molar-refractivity contribution in [1.29, 1.82) is 0 Å². The van der Waals surface area contributed by atoms with E-state index in [0.29, 0.717) is 41.0 Å². The highest BCUT2D eigenvalue weighted by atomic mass is 32.2. The first kappa shape index (κ1) is 22.4. The number of likely N-dealkylation sites (tertiary alicyclic amines) is 1. The van der Waals surface area contributed by atoms with Crippen molar-refractivity contribution < 1.29 is 10.2 Å². The van der Waals surface area contributed by atoms with E-state index >= 15 is 0 Å². The van der Waals surface area contributed by atoms with Gasteiger partial charge in [-0.05, 0) is 77.3 Å². The molecule has 2 saturated heterocycles. The lowest BCUT2D eigenvalue weighted by atomic mass is 9.80. The maximum atomic E-state index is 10.9. The molecule has 0 spiro atoms. The van der Waals surface area contributed by atoms with Crippen molar-refractivity contribution in [3.63, 3.8) is 0 Å². The number of fused-ring (bicyclic) bond motifs is 3. The maximum Gasteiger partial charge on any atom is 0.107 e. The van der Waals surface area contributed by atoms with Gasteiger partial charge in [0, 0.05) is 36.3 Å². The third kappa shape index (κ3) is 4.66. The fourth-order valence-electron chi connectivity index (χ4n) is 6.87. The number of amidine groups is 1. The minimum absolute atomic E-state index is 0.273. The fourth-order valence-corrected chi connectivity index (χ4v) is 8.75. The van der Waals surface area contributed by atoms with Gasteiger partial charge in [-0.2, -0.15) is 0 Å². The second-order valence-corrected chi connectivity index (χ2v) is 12.1. The molecule has 5 unspecified atom stereocenters. The smallest absolute Gasteiger partial charge is 0.107 e. The first-order chi connectivity index (χ1) is 15.0. The first-order valence-electron chi connectivity index (χ1n) is 12.5. The first-order valence-corrected chi connectivity index (χ1v) is 13.4. The van der Waals surface area contributed by atoms with Gasteiger partial charge < -0.3 is 20.4 Å². The molecule has 7 atom stereocenters. The number of hydrogen-bond donors (Lipinski definition) is 4. The molecule has 8 heteroatoms. The van der Waals surface area contributed by atoms with Crippen LogP contribution in [0.4, 0.5) is 0 Å². The van der Waals surface area contributed by atoms with Crippen molar-refractivity contribution in [3.05, 3.63) is 0 Å². The molecule has 0 amide bonds. The molecule has 4 N–H and O–H groups in total. The van der Waals surface area contributed by atoms with Gasteiger partial charge in [-0.25, -0.2) is 0 Å². The Bertz CT molecular complexity index is 656. The average molecular weight is 452 g/mol. The Morgan fingerprint density at radius 1 is 1.19 bits per heavy atom. The van der Waals surface area contributed by atoms with E-state index in [-0.39, 0.29) is 6.10 Å². The molecular formula is C23H41N5O2S. The lowest BCUT2D eigenvalue weighted by Gasteiger charge is -2.38. The Morgan fingerprint density at radius 2 is 2.00 bits per heavy atom. The lowest BCUT2D eigenvalue weighted by Crippen LogP contribution is -2.52. The van der Waals surface area contributed by atoms with Crippen LogP contribution in [0, 0.1) is 17.8 Å². The van der Waals surface area contributed by atoms with Gasteiger partial charge in [0.25, 0.3) is 0 Å². The zero-order valence-corrected chi connectivity index (χ0v) is 19.9. The Labute approximate surface area is 191 Å². The van der Waals surface area contributed by atoms with Crippen LogP contribution in [0.2, 0.25) is 0 Å². The van der Waals surface area contributed by atoms with E-state index in [9.17, 15) is 10.2 Å². The van der Waals surface area contributed by atoms with E-state index in [1.54, 1.807) is 0 Å². The molecule has 2 saturated carbocycles. The molecule has 31 heavy (non-hydrogen) atoms. The Balaban J connectivity index is 1.23. The van der Waals surface area contributed by atoms with Crippen molar-refractivity contribution in [2.45, 2.75) is 86.4 Å². The predicted molar refractivity (Wildman–Crippen MR) is 126 cm³/mol. The number of nitrogens with one attached hydrogen (secondary N) is 2. The van der Waals surface area contributed by atoms with Gasteiger partial charge in [0.1, 0.15) is 12.1 Å². The molecule has 5 aliphatic rings. The quantitative estimate of drug-likeness (QED) is 0.501. The van der Waals surface area contributed by atoms with Gasteiger partial charge in [-0.1, -0.05) is 0 Å². The maximum absolute atomic E-state index is 10.9. The van der Waals surface area contributed by atoms with Crippen LogP contribution in [0.5, 0.6) is 0 Å². The minimum Gasteiger partial charge on any atom is -0.392 e. The molecule has 2 aliphatic carbocycles. The second-order valence-electron chi connectivity index (χ2n) is 10.7. The van der Waals surface area contributed by atoms with Crippen LogP contribution in [0.3, 0.4) is 0 Å². The van der Waals surface area contributed by atoms with Crippen LogP contribution in [-0.2, 0) is 0 Å². The lowest BCUT2D eigenvalue weighted by molar-refractivity contribution is -0.0109. The van der Waals surface area contributed by atoms with E-state index in [2.05, 4.69) is 46.3 Å². The number of hydrogen-bond acceptors (Lipinski definition) is 8. The standard InChI is InChI=1S/C23H41N5O2S/c1-27(2)16-6-4-15(5-7-16)26-22-21-20-14(11-19(30)28-10-9-17(29)12-28)3-8-18(20)31-23(21)25-13-24-22/h14-21,23,25,29-30H,3-13H2,1-2H3,(H,24,26)/t14?,15-,16-,17-,18?,19?,20+,21?,23?/m0/s1. The van der Waals surface area contributed by atoms with Crippen LogP contribution in [0.15, 0.2) is 4.99 Å². The molecule has 3 aliphatic heterocycles. The SMILES string of the molecule is CN(C)[C@H]1CC[C@H](NC2=NCNC3SC4CCC(CC(O)N5CC[C@H](O)C5)[C@H]4C23)CC1. The van der Waals surface area contributed by atoms with E-state index < -0.39 is 6.23 Å². The zero-order chi connectivity index (χ0) is 21.5. The van der Waals surface area contributed by atoms with Gasteiger partial charge in [0.05, 0.1) is 18.1 Å². The Morgan fingerprint density at radius 3 is 2.71 bits per heavy atom. The summed E-state index contributed by atoms with van der Waals surface area (Å²) >= 11 is 2.12. The molecule has 4 fully saturated rings. The zero-order valence-electron chi connectivity index (χ0n) is 19.1. The fraction of sp³-hybridized carbons (Fsp3) is 0.957. The molecule has 0 radical (unpaired) electrons. The van der Waals surface area contributed by atoms with Gasteiger partial charge >= 0.3 is 0 Å². The van der Waals surface area contributed by atoms with Crippen LogP contribution in [-0.4, -0.2) is 94.7 Å². The Kier molecular flexibility index (Phi) is 6.85. The summed E-state index contributed by atoms with van der Waals surface area (Å²) in [6, 6.07) is 1.27. The third-order valence-corrected chi connectivity index (χ3v) is 10.3. The summed E-state index contributed by atoms with van der Waals surface area (Å²) < 4.78 is 0. The van der Waals surface area contributed by atoms with Crippen LogP contribution in [0.1, 0.15) is 51.4 Å². The highest BCUT2D eigenvalue weighted by molar-refractivity contribution is 8.00. The Hall–Kier alpha value is -0.380. The van der Waals surface area contributed by atoms with E-state index in [1.807, 2.05) is 0 Å². The predicted octanol–water partition coefficient (Wildman–Crippen LogP) is 1.27. The van der Waals surface area contributed by atoms with Gasteiger partial charge in [0.15, 0.2) is 0 Å². The monoisotopic (exact) mass is 451 g/mol. The molecule has 3 heterocycles. The van der Waals surface area contributed by atoms with Gasteiger partial charge in [-0.15, -0.1) is 11.8 Å². The van der Waals surface area contributed by atoms with Gasteiger partial charge in [0.2, 0.25) is 0 Å². The number of aliphatic imine (C=N–C) groups is 1. The minimum atomic E-state index is -0.420. The number of aliphatic hydroxyl groups excluding tert-OH is 2. The summed E-state index contributed by atoms with van der Waals surface area (Å²) in [6.45, 7) is 2.16. The van der Waals surface area contributed by atoms with E-state index in [4.69, 9.17) is 4.99 Å². The molecule has 176 valence electrons. The topological polar surface area (TPSA) is 83.4 Å². The summed E-state index contributed by atoms with van der Waals surface area (Å²) in [6.07, 6.45) is 8.38. The van der Waals surface area contributed by atoms with Crippen molar-refractivity contribution in [3.8, 4) is 0 Å². The number of β-amino-alcohol motifs (C(OH)–C–C–N with tert-alkyl or cyclic N) is 1. The molecule has 0 aromatic heterocycles. The van der Waals surface area contributed by atoms with Crippen molar-refractivity contribution >= 4 is 17.6 Å². The highest BCUT2D eigenvalue weighted by Gasteiger charge is 2.54. The number of nitrogens with zero attached hydrogens (tertiary/aromatic N) is 3. The molecule has 0 bridgehead atoms. The summed E-state index contributed by atoms with van der Waals surface area (Å²) in [5, 5.41) is 29.4.